The fourth-order valence-corrected chi connectivity index (χ4v) is 3.92. The largest absolute Gasteiger partial charge is 0.508 e. The molecule has 0 amide bonds. The summed E-state index contributed by atoms with van der Waals surface area (Å²) in [7, 11) is 0. The summed E-state index contributed by atoms with van der Waals surface area (Å²) in [5.41, 5.74) is 3.81. The maximum Gasteiger partial charge on any atom is 0.228 e. The minimum Gasteiger partial charge on any atom is -0.508 e. The van der Waals surface area contributed by atoms with Gasteiger partial charge in [0.05, 0.1) is 5.56 Å². The number of rotatable bonds is 2. The number of halogens is 1. The number of pyridine rings is 1. The number of fused-ring (bicyclic) bond motifs is 4. The summed E-state index contributed by atoms with van der Waals surface area (Å²) in [5, 5.41) is 14.5. The van der Waals surface area contributed by atoms with E-state index in [0.717, 1.165) is 16.7 Å². The molecule has 0 fully saturated rings. The smallest absolute Gasteiger partial charge is 0.228 e. The van der Waals surface area contributed by atoms with Gasteiger partial charge in [-0.1, -0.05) is 12.1 Å². The monoisotopic (exact) mass is 411 g/mol. The molecule has 31 heavy (non-hydrogen) atoms. The maximum absolute atomic E-state index is 13.3. The van der Waals surface area contributed by atoms with Gasteiger partial charge in [0, 0.05) is 35.5 Å². The van der Waals surface area contributed by atoms with Gasteiger partial charge in [-0.3, -0.25) is 4.98 Å². The van der Waals surface area contributed by atoms with E-state index in [0.29, 0.717) is 28.7 Å². The summed E-state index contributed by atoms with van der Waals surface area (Å²) in [6, 6.07) is 14.9. The van der Waals surface area contributed by atoms with E-state index in [1.807, 2.05) is 18.2 Å². The van der Waals surface area contributed by atoms with Crippen molar-refractivity contribution in [2.24, 2.45) is 0 Å². The lowest BCUT2D eigenvalue weighted by atomic mass is 9.84. The van der Waals surface area contributed by atoms with Crippen LogP contribution >= 0.6 is 0 Å². The molecule has 3 aromatic heterocycles. The van der Waals surface area contributed by atoms with Crippen LogP contribution in [0.15, 0.2) is 73.3 Å². The Morgan fingerprint density at radius 1 is 1.06 bits per heavy atom. The van der Waals surface area contributed by atoms with E-state index in [9.17, 15) is 9.50 Å². The van der Waals surface area contributed by atoms with Crippen LogP contribution in [0.4, 0.5) is 4.39 Å². The predicted octanol–water partition coefficient (Wildman–Crippen LogP) is 4.32. The molecule has 1 atom stereocenters. The highest BCUT2D eigenvalue weighted by Gasteiger charge is 2.33. The highest BCUT2D eigenvalue weighted by molar-refractivity contribution is 5.68. The molecule has 0 unspecified atom stereocenters. The van der Waals surface area contributed by atoms with Crippen LogP contribution in [0.2, 0.25) is 0 Å². The lowest BCUT2D eigenvalue weighted by molar-refractivity contribution is 0.422. The van der Waals surface area contributed by atoms with Gasteiger partial charge in [-0.2, -0.15) is 0 Å². The third-order valence-corrected chi connectivity index (χ3v) is 5.31. The molecule has 0 radical (unpaired) electrons. The van der Waals surface area contributed by atoms with Crippen molar-refractivity contribution in [3.05, 3.63) is 95.8 Å². The second-order valence-electron chi connectivity index (χ2n) is 7.22. The van der Waals surface area contributed by atoms with Crippen molar-refractivity contribution in [3.8, 4) is 28.8 Å². The van der Waals surface area contributed by atoms with Gasteiger partial charge in [0.1, 0.15) is 23.6 Å². The summed E-state index contributed by atoms with van der Waals surface area (Å²) in [5.74, 6) is 0.880. The molecule has 7 nitrogen and oxygen atoms in total. The average molecular weight is 411 g/mol. The van der Waals surface area contributed by atoms with Crippen LogP contribution < -0.4 is 4.74 Å². The number of hydrogen-bond acceptors (Lipinski definition) is 6. The van der Waals surface area contributed by atoms with Crippen molar-refractivity contribution in [1.29, 1.82) is 0 Å². The molecule has 0 spiro atoms. The van der Waals surface area contributed by atoms with E-state index in [4.69, 9.17) is 9.72 Å². The predicted molar refractivity (Wildman–Crippen MR) is 110 cm³/mol. The molecule has 0 saturated heterocycles. The summed E-state index contributed by atoms with van der Waals surface area (Å²) in [4.78, 5) is 13.5. The van der Waals surface area contributed by atoms with Gasteiger partial charge >= 0.3 is 0 Å². The molecule has 2 aromatic carbocycles. The Labute approximate surface area is 175 Å². The van der Waals surface area contributed by atoms with Gasteiger partial charge in [0.15, 0.2) is 11.5 Å². The topological polar surface area (TPSA) is 85.4 Å². The van der Waals surface area contributed by atoms with Gasteiger partial charge in [-0.05, 0) is 42.0 Å². The Hall–Kier alpha value is -4.33. The molecule has 0 aliphatic carbocycles. The fraction of sp³-hybridized carbons (Fsp3) is 0.0435. The first kappa shape index (κ1) is 17.5. The van der Waals surface area contributed by atoms with E-state index >= 15 is 0 Å². The second-order valence-corrected chi connectivity index (χ2v) is 7.22. The van der Waals surface area contributed by atoms with Crippen LogP contribution in [-0.2, 0) is 0 Å². The van der Waals surface area contributed by atoms with Gasteiger partial charge in [-0.25, -0.2) is 18.9 Å². The number of aromatic nitrogens is 5. The van der Waals surface area contributed by atoms with E-state index in [1.165, 1.54) is 18.5 Å². The van der Waals surface area contributed by atoms with Crippen LogP contribution in [0.5, 0.6) is 17.4 Å². The molecule has 8 heteroatoms. The molecular formula is C23H14FN5O2. The zero-order valence-corrected chi connectivity index (χ0v) is 16.0. The third-order valence-electron chi connectivity index (χ3n) is 5.31. The molecule has 4 heterocycles. The first-order chi connectivity index (χ1) is 15.2. The van der Waals surface area contributed by atoms with Crippen LogP contribution in [0, 0.1) is 5.82 Å². The Bertz CT molecular complexity index is 1430. The van der Waals surface area contributed by atoms with Crippen LogP contribution in [-0.4, -0.2) is 29.7 Å². The van der Waals surface area contributed by atoms with Crippen molar-refractivity contribution in [2.75, 3.05) is 0 Å². The summed E-state index contributed by atoms with van der Waals surface area (Å²) >= 11 is 0. The van der Waals surface area contributed by atoms with Gasteiger partial charge in [0.25, 0.3) is 0 Å². The fourth-order valence-electron chi connectivity index (χ4n) is 3.92. The highest BCUT2D eigenvalue weighted by atomic mass is 19.1. The first-order valence-corrected chi connectivity index (χ1v) is 9.59. The lowest BCUT2D eigenvalue weighted by Gasteiger charge is -2.27. The standard InChI is InChI=1S/C23H14FN5O2/c24-15-5-3-13(4-6-15)21-27-22-20-19(14-2-1-9-25-11-14)17-8-7-16(30)10-18(17)31-23(20)26-12-29(22)28-21/h1-12,19,30H/t19-/m1/s1. The van der Waals surface area contributed by atoms with Crippen LogP contribution in [0.1, 0.15) is 22.6 Å². The summed E-state index contributed by atoms with van der Waals surface area (Å²) < 4.78 is 21.0. The Morgan fingerprint density at radius 2 is 1.94 bits per heavy atom. The van der Waals surface area contributed by atoms with E-state index in [1.54, 1.807) is 41.2 Å². The van der Waals surface area contributed by atoms with Crippen molar-refractivity contribution in [3.63, 3.8) is 0 Å². The Kier molecular flexibility index (Phi) is 3.73. The zero-order chi connectivity index (χ0) is 20.9. The van der Waals surface area contributed by atoms with Crippen molar-refractivity contribution in [2.45, 2.75) is 5.92 Å². The Morgan fingerprint density at radius 3 is 2.74 bits per heavy atom. The average Bonchev–Trinajstić information content (AvgIpc) is 3.23. The van der Waals surface area contributed by atoms with Gasteiger partial charge in [-0.15, -0.1) is 5.10 Å². The van der Waals surface area contributed by atoms with Crippen LogP contribution in [0.25, 0.3) is 17.0 Å². The van der Waals surface area contributed by atoms with E-state index in [-0.39, 0.29) is 17.5 Å². The Balaban J connectivity index is 1.61. The first-order valence-electron chi connectivity index (χ1n) is 9.59. The third kappa shape index (κ3) is 2.80. The molecule has 1 aliphatic rings. The number of phenols is 1. The number of ether oxygens (including phenoxy) is 1. The molecule has 5 aromatic rings. The molecule has 1 aliphatic heterocycles. The normalized spacial score (nSPS) is 14.7. The molecule has 0 saturated carbocycles. The van der Waals surface area contributed by atoms with Crippen LogP contribution in [0.3, 0.4) is 0 Å². The molecule has 1 N–H and O–H groups in total. The minimum absolute atomic E-state index is 0.106. The number of phenolic OH excluding ortho intramolecular Hbond substituents is 1. The van der Waals surface area contributed by atoms with E-state index in [2.05, 4.69) is 15.1 Å². The van der Waals surface area contributed by atoms with Crippen molar-refractivity contribution >= 4 is 5.65 Å². The molecule has 150 valence electrons. The van der Waals surface area contributed by atoms with Gasteiger partial charge in [0.2, 0.25) is 5.88 Å². The van der Waals surface area contributed by atoms with Crippen molar-refractivity contribution in [1.82, 2.24) is 24.6 Å². The quantitative estimate of drug-likeness (QED) is 0.457. The molecule has 0 bridgehead atoms. The number of aromatic hydroxyl groups is 1. The summed E-state index contributed by atoms with van der Waals surface area (Å²) in [6.45, 7) is 0. The molecular weight excluding hydrogens is 397 g/mol. The SMILES string of the molecule is Oc1ccc2c(c1)Oc1ncn3nc(-c4ccc(F)cc4)nc3c1[C@@H]2c1cccnc1. The number of hydrogen-bond donors (Lipinski definition) is 1. The highest BCUT2D eigenvalue weighted by Crippen LogP contribution is 2.48. The van der Waals surface area contributed by atoms with Gasteiger partial charge < -0.3 is 9.84 Å². The van der Waals surface area contributed by atoms with Crippen molar-refractivity contribution < 1.29 is 14.2 Å². The maximum atomic E-state index is 13.3. The zero-order valence-electron chi connectivity index (χ0n) is 16.0. The summed E-state index contributed by atoms with van der Waals surface area (Å²) in [6.07, 6.45) is 5.03. The second kappa shape index (κ2) is 6.60. The number of nitrogens with zero attached hydrogens (tertiary/aromatic N) is 5. The van der Waals surface area contributed by atoms with E-state index < -0.39 is 0 Å². The molecule has 6 rings (SSSR count). The minimum atomic E-state index is -0.323. The lowest BCUT2D eigenvalue weighted by Crippen LogP contribution is -2.15. The number of benzene rings is 2.